The molecule has 25 heavy (non-hydrogen) atoms. The van der Waals surface area contributed by atoms with Crippen LogP contribution >= 0.6 is 0 Å². The van der Waals surface area contributed by atoms with Crippen LogP contribution in [0.1, 0.15) is 0 Å². The minimum Gasteiger partial charge on any atom is -0.325 e. The minimum atomic E-state index is -0.506. The number of hydrogen-bond acceptors (Lipinski definition) is 5. The Morgan fingerprint density at radius 3 is 2.60 bits per heavy atom. The van der Waals surface area contributed by atoms with E-state index in [-0.39, 0.29) is 17.0 Å². The highest BCUT2D eigenvalue weighted by Crippen LogP contribution is 2.34. The Labute approximate surface area is 142 Å². The monoisotopic (exact) mass is 335 g/mol. The molecule has 0 saturated heterocycles. The summed E-state index contributed by atoms with van der Waals surface area (Å²) in [7, 11) is 0. The summed E-state index contributed by atoms with van der Waals surface area (Å²) >= 11 is 0. The quantitative estimate of drug-likeness (QED) is 0.222. The standard InChI is InChI=1S/C17H13N5O3/c18-17(19-10-23)21-14-9-13(11-5-2-1-3-6-11)20-12-7-4-8-15(16(12)14)22(24)25/h1-10H,(H3,18,19,20,21,23). The van der Waals surface area contributed by atoms with Gasteiger partial charge in [-0.25, -0.2) is 4.98 Å². The normalized spacial score (nSPS) is 10.2. The lowest BCUT2D eigenvalue weighted by Crippen LogP contribution is -2.28. The third-order valence-electron chi connectivity index (χ3n) is 3.54. The van der Waals surface area contributed by atoms with Crippen molar-refractivity contribution in [3.05, 3.63) is 64.7 Å². The zero-order valence-corrected chi connectivity index (χ0v) is 12.9. The summed E-state index contributed by atoms with van der Waals surface area (Å²) in [6, 6.07) is 15.5. The Bertz CT molecular complexity index is 973. The lowest BCUT2D eigenvalue weighted by Gasteiger charge is -2.12. The maximum atomic E-state index is 11.4. The Kier molecular flexibility index (Phi) is 4.34. The van der Waals surface area contributed by atoms with Crippen molar-refractivity contribution in [1.29, 1.82) is 5.41 Å². The molecule has 1 aromatic heterocycles. The molecule has 0 fully saturated rings. The van der Waals surface area contributed by atoms with E-state index in [1.165, 1.54) is 6.07 Å². The first-order valence-corrected chi connectivity index (χ1v) is 7.29. The number of non-ortho nitro benzene ring substituents is 1. The fraction of sp³-hybridized carbons (Fsp3) is 0. The van der Waals surface area contributed by atoms with E-state index in [0.29, 0.717) is 23.3 Å². The van der Waals surface area contributed by atoms with Crippen molar-refractivity contribution >= 4 is 34.6 Å². The molecular formula is C17H13N5O3. The second kappa shape index (κ2) is 6.75. The van der Waals surface area contributed by atoms with Crippen LogP contribution < -0.4 is 10.6 Å². The number of nitrogens with zero attached hydrogens (tertiary/aromatic N) is 2. The average molecular weight is 335 g/mol. The molecule has 0 aliphatic rings. The maximum absolute atomic E-state index is 11.4. The molecule has 0 aliphatic heterocycles. The number of nitro benzene ring substituents is 1. The molecule has 0 radical (unpaired) electrons. The average Bonchev–Trinajstić information content (AvgIpc) is 2.61. The van der Waals surface area contributed by atoms with Crippen LogP contribution in [0, 0.1) is 15.5 Å². The molecule has 2 aromatic carbocycles. The second-order valence-electron chi connectivity index (χ2n) is 5.11. The third kappa shape index (κ3) is 3.27. The number of hydrogen-bond donors (Lipinski definition) is 3. The van der Waals surface area contributed by atoms with Crippen molar-refractivity contribution in [2.75, 3.05) is 5.32 Å². The molecule has 3 N–H and O–H groups in total. The van der Waals surface area contributed by atoms with Crippen molar-refractivity contribution in [3.63, 3.8) is 0 Å². The number of fused-ring (bicyclic) bond motifs is 1. The number of nitrogens with one attached hydrogen (secondary N) is 3. The predicted molar refractivity (Wildman–Crippen MR) is 94.4 cm³/mol. The number of pyridine rings is 1. The summed E-state index contributed by atoms with van der Waals surface area (Å²) in [5, 5.41) is 24.2. The topological polar surface area (TPSA) is 121 Å². The van der Waals surface area contributed by atoms with Gasteiger partial charge in [0.15, 0.2) is 5.96 Å². The van der Waals surface area contributed by atoms with E-state index in [1.807, 2.05) is 30.3 Å². The van der Waals surface area contributed by atoms with Crippen LogP contribution in [-0.4, -0.2) is 22.3 Å². The Balaban J connectivity index is 2.24. The number of carbonyl (C=O) groups excluding carboxylic acids is 1. The van der Waals surface area contributed by atoms with E-state index in [2.05, 4.69) is 15.6 Å². The van der Waals surface area contributed by atoms with Gasteiger partial charge in [0.2, 0.25) is 6.41 Å². The number of nitro groups is 1. The largest absolute Gasteiger partial charge is 0.325 e. The first-order chi connectivity index (χ1) is 12.1. The molecule has 1 amide bonds. The van der Waals surface area contributed by atoms with Crippen molar-refractivity contribution in [1.82, 2.24) is 10.3 Å². The van der Waals surface area contributed by atoms with Gasteiger partial charge in [-0.3, -0.25) is 25.6 Å². The Morgan fingerprint density at radius 2 is 1.92 bits per heavy atom. The molecule has 0 bridgehead atoms. The number of anilines is 1. The Morgan fingerprint density at radius 1 is 1.16 bits per heavy atom. The van der Waals surface area contributed by atoms with E-state index < -0.39 is 4.92 Å². The van der Waals surface area contributed by atoms with E-state index >= 15 is 0 Å². The summed E-state index contributed by atoms with van der Waals surface area (Å²) < 4.78 is 0. The lowest BCUT2D eigenvalue weighted by molar-refractivity contribution is -0.383. The molecular weight excluding hydrogens is 322 g/mol. The Hall–Kier alpha value is -3.81. The molecule has 1 heterocycles. The number of amides is 1. The van der Waals surface area contributed by atoms with Gasteiger partial charge in [-0.15, -0.1) is 0 Å². The summed E-state index contributed by atoms with van der Waals surface area (Å²) in [5.74, 6) is -0.292. The van der Waals surface area contributed by atoms with Gasteiger partial charge >= 0.3 is 0 Å². The van der Waals surface area contributed by atoms with Crippen LogP contribution in [0.15, 0.2) is 54.6 Å². The second-order valence-corrected chi connectivity index (χ2v) is 5.11. The van der Waals surface area contributed by atoms with Gasteiger partial charge in [0.05, 0.1) is 21.8 Å². The van der Waals surface area contributed by atoms with Gasteiger partial charge in [-0.2, -0.15) is 0 Å². The van der Waals surface area contributed by atoms with Crippen LogP contribution in [0.5, 0.6) is 0 Å². The lowest BCUT2D eigenvalue weighted by atomic mass is 10.1. The van der Waals surface area contributed by atoms with Crippen LogP contribution in [-0.2, 0) is 4.79 Å². The van der Waals surface area contributed by atoms with Crippen LogP contribution in [0.3, 0.4) is 0 Å². The fourth-order valence-electron chi connectivity index (χ4n) is 2.51. The highest BCUT2D eigenvalue weighted by atomic mass is 16.6. The maximum Gasteiger partial charge on any atom is 0.280 e. The summed E-state index contributed by atoms with van der Waals surface area (Å²) in [6.45, 7) is 0. The highest BCUT2D eigenvalue weighted by Gasteiger charge is 2.18. The van der Waals surface area contributed by atoms with Crippen molar-refractivity contribution in [2.45, 2.75) is 0 Å². The summed E-state index contributed by atoms with van der Waals surface area (Å²) in [6.07, 6.45) is 0.352. The molecule has 8 nitrogen and oxygen atoms in total. The van der Waals surface area contributed by atoms with Gasteiger partial charge < -0.3 is 5.32 Å². The number of benzene rings is 2. The van der Waals surface area contributed by atoms with E-state index in [1.54, 1.807) is 18.2 Å². The van der Waals surface area contributed by atoms with E-state index in [0.717, 1.165) is 5.56 Å². The molecule has 3 aromatic rings. The molecule has 3 rings (SSSR count). The van der Waals surface area contributed by atoms with E-state index in [4.69, 9.17) is 5.41 Å². The van der Waals surface area contributed by atoms with Crippen LogP contribution in [0.2, 0.25) is 0 Å². The minimum absolute atomic E-state index is 0.133. The number of guanidine groups is 1. The van der Waals surface area contributed by atoms with Crippen molar-refractivity contribution in [3.8, 4) is 11.3 Å². The van der Waals surface area contributed by atoms with Crippen LogP contribution in [0.4, 0.5) is 11.4 Å². The molecule has 8 heteroatoms. The van der Waals surface area contributed by atoms with Gasteiger partial charge in [0.1, 0.15) is 5.39 Å². The summed E-state index contributed by atoms with van der Waals surface area (Å²) in [5.41, 5.74) is 2.02. The molecule has 0 aliphatic carbocycles. The predicted octanol–water partition coefficient (Wildman–Crippen LogP) is 2.90. The fourth-order valence-corrected chi connectivity index (χ4v) is 2.51. The SMILES string of the molecule is N=C(NC=O)Nc1cc(-c2ccccc2)nc2cccc([N+](=O)[O-])c12. The van der Waals surface area contributed by atoms with Gasteiger partial charge in [-0.05, 0) is 12.1 Å². The zero-order chi connectivity index (χ0) is 17.8. The molecule has 0 saturated carbocycles. The third-order valence-corrected chi connectivity index (χ3v) is 3.54. The number of rotatable bonds is 4. The van der Waals surface area contributed by atoms with Crippen molar-refractivity contribution < 1.29 is 9.72 Å². The zero-order valence-electron chi connectivity index (χ0n) is 12.9. The number of carbonyl (C=O) groups is 1. The summed E-state index contributed by atoms with van der Waals surface area (Å²) in [4.78, 5) is 25.9. The van der Waals surface area contributed by atoms with Crippen molar-refractivity contribution in [2.24, 2.45) is 0 Å². The first kappa shape index (κ1) is 16.1. The first-order valence-electron chi connectivity index (χ1n) is 7.29. The molecule has 0 atom stereocenters. The smallest absolute Gasteiger partial charge is 0.280 e. The molecule has 0 spiro atoms. The van der Waals surface area contributed by atoms with Gasteiger partial charge in [0.25, 0.3) is 5.69 Å². The van der Waals surface area contributed by atoms with Gasteiger partial charge in [-0.1, -0.05) is 36.4 Å². The highest BCUT2D eigenvalue weighted by molar-refractivity contribution is 6.07. The number of aromatic nitrogens is 1. The van der Waals surface area contributed by atoms with Gasteiger partial charge in [0, 0.05) is 11.6 Å². The van der Waals surface area contributed by atoms with E-state index in [9.17, 15) is 14.9 Å². The van der Waals surface area contributed by atoms with Crippen LogP contribution in [0.25, 0.3) is 22.2 Å². The molecule has 124 valence electrons. The molecule has 0 unspecified atom stereocenters.